The Morgan fingerprint density at radius 1 is 1.08 bits per heavy atom. The van der Waals surface area contributed by atoms with Crippen LogP contribution in [-0.2, 0) is 4.79 Å². The summed E-state index contributed by atoms with van der Waals surface area (Å²) in [6, 6.07) is 13.2. The van der Waals surface area contributed by atoms with Gasteiger partial charge in [-0.1, -0.05) is 30.3 Å². The number of rotatable bonds is 4. The summed E-state index contributed by atoms with van der Waals surface area (Å²) in [5.74, 6) is -0.344. The van der Waals surface area contributed by atoms with Crippen LogP contribution in [0.25, 0.3) is 28.0 Å². The molecule has 1 aromatic heterocycles. The second kappa shape index (κ2) is 7.26. The van der Waals surface area contributed by atoms with Crippen LogP contribution in [0.4, 0.5) is 4.39 Å². The average molecular weight is 370 g/mol. The van der Waals surface area contributed by atoms with Crippen molar-refractivity contribution in [3.8, 4) is 11.1 Å². The number of hydrogen-bond acceptors (Lipinski definition) is 2. The lowest BCUT2D eigenvalue weighted by atomic mass is 9.96. The topological polar surface area (TPSA) is 39.1 Å². The van der Waals surface area contributed by atoms with Gasteiger partial charge in [-0.3, -0.25) is 9.59 Å². The van der Waals surface area contributed by atoms with Crippen molar-refractivity contribution < 1.29 is 9.18 Å². The zero-order chi connectivity index (χ0) is 18.8. The van der Waals surface area contributed by atoms with E-state index < -0.39 is 5.24 Å². The summed E-state index contributed by atoms with van der Waals surface area (Å²) in [5.41, 5.74) is 1.91. The Kier molecular flexibility index (Phi) is 5.05. The van der Waals surface area contributed by atoms with E-state index in [9.17, 15) is 14.0 Å². The maximum absolute atomic E-state index is 13.4. The molecule has 1 heterocycles. The molecule has 3 aromatic rings. The van der Waals surface area contributed by atoms with E-state index in [1.54, 1.807) is 34.9 Å². The van der Waals surface area contributed by atoms with Crippen molar-refractivity contribution in [3.05, 3.63) is 76.5 Å². The molecule has 0 radical (unpaired) electrons. The number of fused-ring (bicyclic) bond motifs is 1. The van der Waals surface area contributed by atoms with Gasteiger partial charge in [0.05, 0.1) is 5.69 Å². The number of allylic oxidation sites excluding steroid dienone is 1. The van der Waals surface area contributed by atoms with Gasteiger partial charge in [-0.05, 0) is 66.7 Å². The Bertz CT molecular complexity index is 1070. The molecule has 0 fully saturated rings. The Hall–Kier alpha value is -2.72. The number of carbonyl (C=O) groups excluding carboxylic acids is 1. The van der Waals surface area contributed by atoms with E-state index in [4.69, 9.17) is 11.6 Å². The SMILES string of the molecule is CC(C)n1c(/C=C/C(=O)Cl)c(-c2ccc(F)cc2)c2ccccc2c1=O. The molecule has 0 unspecified atom stereocenters. The van der Waals surface area contributed by atoms with E-state index in [2.05, 4.69) is 0 Å². The summed E-state index contributed by atoms with van der Waals surface area (Å²) >= 11 is 5.47. The largest absolute Gasteiger partial charge is 0.305 e. The summed E-state index contributed by atoms with van der Waals surface area (Å²) in [7, 11) is 0. The van der Waals surface area contributed by atoms with Crippen LogP contribution in [0.15, 0.2) is 59.4 Å². The van der Waals surface area contributed by atoms with Gasteiger partial charge in [0, 0.05) is 17.0 Å². The van der Waals surface area contributed by atoms with E-state index in [-0.39, 0.29) is 17.4 Å². The Morgan fingerprint density at radius 3 is 2.27 bits per heavy atom. The monoisotopic (exact) mass is 369 g/mol. The summed E-state index contributed by atoms with van der Waals surface area (Å²) < 4.78 is 15.0. The first-order valence-corrected chi connectivity index (χ1v) is 8.58. The number of benzene rings is 2. The second-order valence-corrected chi connectivity index (χ2v) is 6.59. The third-order valence-corrected chi connectivity index (χ3v) is 4.31. The molecule has 0 bridgehead atoms. The van der Waals surface area contributed by atoms with Crippen LogP contribution in [0, 0.1) is 5.82 Å². The van der Waals surface area contributed by atoms with Gasteiger partial charge in [0.2, 0.25) is 5.24 Å². The van der Waals surface area contributed by atoms with Crippen molar-refractivity contribution in [2.24, 2.45) is 0 Å². The van der Waals surface area contributed by atoms with Gasteiger partial charge in [0.1, 0.15) is 5.82 Å². The Morgan fingerprint density at radius 2 is 1.69 bits per heavy atom. The summed E-state index contributed by atoms with van der Waals surface area (Å²) in [6.07, 6.45) is 2.76. The van der Waals surface area contributed by atoms with Crippen LogP contribution in [0.1, 0.15) is 25.6 Å². The highest BCUT2D eigenvalue weighted by Gasteiger charge is 2.18. The lowest BCUT2D eigenvalue weighted by Gasteiger charge is -2.20. The standard InChI is InChI=1S/C21H17ClFNO2/c1-13(2)24-18(11-12-19(22)25)20(14-7-9-15(23)10-8-14)16-5-3-4-6-17(16)21(24)26/h3-13H,1-2H3/b12-11+. The van der Waals surface area contributed by atoms with E-state index in [0.717, 1.165) is 16.5 Å². The van der Waals surface area contributed by atoms with Crippen molar-refractivity contribution in [1.82, 2.24) is 4.57 Å². The summed E-state index contributed by atoms with van der Waals surface area (Å²) in [6.45, 7) is 3.79. The predicted octanol–water partition coefficient (Wildman–Crippen LogP) is 5.17. The van der Waals surface area contributed by atoms with Crippen LogP contribution in [0.2, 0.25) is 0 Å². The number of pyridine rings is 1. The van der Waals surface area contributed by atoms with Crippen molar-refractivity contribution in [3.63, 3.8) is 0 Å². The lowest BCUT2D eigenvalue weighted by molar-refractivity contribution is -0.107. The molecule has 0 aliphatic heterocycles. The predicted molar refractivity (Wildman–Crippen MR) is 104 cm³/mol. The molecule has 3 rings (SSSR count). The zero-order valence-corrected chi connectivity index (χ0v) is 15.1. The molecular formula is C21H17ClFNO2. The molecular weight excluding hydrogens is 353 g/mol. The first-order valence-electron chi connectivity index (χ1n) is 8.21. The van der Waals surface area contributed by atoms with Gasteiger partial charge >= 0.3 is 0 Å². The fourth-order valence-electron chi connectivity index (χ4n) is 3.13. The number of halogens is 2. The Labute approximate surface area is 155 Å². The smallest absolute Gasteiger partial charge is 0.259 e. The van der Waals surface area contributed by atoms with Crippen molar-refractivity contribution in [2.75, 3.05) is 0 Å². The molecule has 0 saturated heterocycles. The highest BCUT2D eigenvalue weighted by Crippen LogP contribution is 2.32. The van der Waals surface area contributed by atoms with E-state index in [0.29, 0.717) is 11.1 Å². The third kappa shape index (κ3) is 3.33. The molecule has 26 heavy (non-hydrogen) atoms. The van der Waals surface area contributed by atoms with Crippen LogP contribution >= 0.6 is 11.6 Å². The highest BCUT2D eigenvalue weighted by molar-refractivity contribution is 6.66. The molecule has 132 valence electrons. The van der Waals surface area contributed by atoms with Crippen LogP contribution < -0.4 is 5.56 Å². The first kappa shape index (κ1) is 18.1. The van der Waals surface area contributed by atoms with Gasteiger partial charge in [-0.2, -0.15) is 0 Å². The molecule has 0 aliphatic carbocycles. The fraction of sp³-hybridized carbons (Fsp3) is 0.143. The van der Waals surface area contributed by atoms with Gasteiger partial charge < -0.3 is 4.57 Å². The minimum absolute atomic E-state index is 0.142. The minimum Gasteiger partial charge on any atom is -0.305 e. The van der Waals surface area contributed by atoms with Gasteiger partial charge in [-0.25, -0.2) is 4.39 Å². The summed E-state index contributed by atoms with van der Waals surface area (Å²) in [4.78, 5) is 24.3. The van der Waals surface area contributed by atoms with Crippen LogP contribution in [0.5, 0.6) is 0 Å². The molecule has 0 atom stereocenters. The highest BCUT2D eigenvalue weighted by atomic mass is 35.5. The normalized spacial score (nSPS) is 11.6. The minimum atomic E-state index is -0.633. The molecule has 0 aliphatic rings. The molecule has 0 saturated carbocycles. The molecule has 0 N–H and O–H groups in total. The number of hydrogen-bond donors (Lipinski definition) is 0. The molecule has 0 amide bonds. The van der Waals surface area contributed by atoms with Crippen molar-refractivity contribution >= 4 is 33.7 Å². The van der Waals surface area contributed by atoms with Gasteiger partial charge in [-0.15, -0.1) is 0 Å². The molecule has 2 aromatic carbocycles. The quantitative estimate of drug-likeness (QED) is 0.470. The third-order valence-electron chi connectivity index (χ3n) is 4.18. The Balaban J connectivity index is 2.51. The zero-order valence-electron chi connectivity index (χ0n) is 14.4. The lowest BCUT2D eigenvalue weighted by Crippen LogP contribution is -2.25. The van der Waals surface area contributed by atoms with E-state index in [1.165, 1.54) is 18.2 Å². The number of carbonyl (C=O) groups is 1. The number of aromatic nitrogens is 1. The molecule has 3 nitrogen and oxygen atoms in total. The summed E-state index contributed by atoms with van der Waals surface area (Å²) in [5, 5.41) is 0.670. The second-order valence-electron chi connectivity index (χ2n) is 6.22. The van der Waals surface area contributed by atoms with Crippen molar-refractivity contribution in [2.45, 2.75) is 19.9 Å². The average Bonchev–Trinajstić information content (AvgIpc) is 2.61. The van der Waals surface area contributed by atoms with Crippen LogP contribution in [-0.4, -0.2) is 9.81 Å². The fourth-order valence-corrected chi connectivity index (χ4v) is 3.19. The maximum atomic E-state index is 13.4. The molecule has 5 heteroatoms. The first-order chi connectivity index (χ1) is 12.4. The molecule has 0 spiro atoms. The van der Waals surface area contributed by atoms with E-state index in [1.807, 2.05) is 26.0 Å². The van der Waals surface area contributed by atoms with Gasteiger partial charge in [0.25, 0.3) is 5.56 Å². The van der Waals surface area contributed by atoms with Crippen LogP contribution in [0.3, 0.4) is 0 Å². The van der Waals surface area contributed by atoms with E-state index >= 15 is 0 Å². The van der Waals surface area contributed by atoms with Crippen molar-refractivity contribution in [1.29, 1.82) is 0 Å². The number of nitrogens with zero attached hydrogens (tertiary/aromatic N) is 1. The maximum Gasteiger partial charge on any atom is 0.259 e. The van der Waals surface area contributed by atoms with Gasteiger partial charge in [0.15, 0.2) is 0 Å².